The minimum absolute atomic E-state index is 0.0414. The molecule has 0 bridgehead atoms. The number of rotatable bonds is 5. The van der Waals surface area contributed by atoms with Crippen molar-refractivity contribution in [1.29, 1.82) is 0 Å². The summed E-state index contributed by atoms with van der Waals surface area (Å²) in [5.74, 6) is -3.11. The maximum Gasteiger partial charge on any atom is 0.319 e. The molecule has 4 aliphatic rings. The molecule has 1 saturated carbocycles. The van der Waals surface area contributed by atoms with Crippen molar-refractivity contribution < 1.29 is 27.1 Å². The second-order valence-corrected chi connectivity index (χ2v) is 12.2. The monoisotopic (exact) mass is 613 g/mol. The number of benzene rings is 1. The van der Waals surface area contributed by atoms with E-state index in [2.05, 4.69) is 30.8 Å². The molecule has 0 spiro atoms. The highest BCUT2D eigenvalue weighted by atomic mass is 79.9. The second kappa shape index (κ2) is 10.3. The van der Waals surface area contributed by atoms with Crippen LogP contribution in [0.1, 0.15) is 44.9 Å². The van der Waals surface area contributed by atoms with Gasteiger partial charge in [-0.3, -0.25) is 9.69 Å². The largest absolute Gasteiger partial charge is 0.461 e. The zero-order valence-corrected chi connectivity index (χ0v) is 23.2. The predicted octanol–water partition coefficient (Wildman–Crippen LogP) is 4.96. The van der Waals surface area contributed by atoms with Crippen LogP contribution in [0, 0.1) is 11.7 Å². The summed E-state index contributed by atoms with van der Waals surface area (Å²) in [4.78, 5) is 27.9. The van der Waals surface area contributed by atoms with Crippen molar-refractivity contribution >= 4 is 38.6 Å². The summed E-state index contributed by atoms with van der Waals surface area (Å²) >= 11 is 3.24. The lowest BCUT2D eigenvalue weighted by Crippen LogP contribution is -2.51. The number of fused-ring (bicyclic) bond motifs is 2. The van der Waals surface area contributed by atoms with E-state index in [9.17, 15) is 18.0 Å². The molecule has 1 amide bonds. The smallest absolute Gasteiger partial charge is 0.319 e. The fraction of sp³-hybridized carbons (Fsp3) is 0.667. The summed E-state index contributed by atoms with van der Waals surface area (Å²) in [6.45, 7) is 3.22. The number of anilines is 1. The minimum Gasteiger partial charge on any atom is -0.461 e. The quantitative estimate of drug-likeness (QED) is 0.444. The van der Waals surface area contributed by atoms with Gasteiger partial charge in [-0.2, -0.15) is 9.97 Å². The number of hydrogen-bond acceptors (Lipinski definition) is 6. The van der Waals surface area contributed by atoms with Crippen molar-refractivity contribution in [2.45, 2.75) is 62.6 Å². The number of ether oxygens (including phenoxy) is 1. The van der Waals surface area contributed by atoms with Crippen molar-refractivity contribution in [3.8, 4) is 6.01 Å². The topological polar surface area (TPSA) is 61.8 Å². The number of amides is 1. The number of alkyl halides is 3. The van der Waals surface area contributed by atoms with E-state index in [0.717, 1.165) is 19.4 Å². The van der Waals surface area contributed by atoms with Crippen molar-refractivity contribution in [1.82, 2.24) is 19.8 Å². The van der Waals surface area contributed by atoms with Gasteiger partial charge in [-0.05, 0) is 60.3 Å². The lowest BCUT2D eigenvalue weighted by atomic mass is 9.86. The van der Waals surface area contributed by atoms with E-state index in [1.54, 1.807) is 17.0 Å². The maximum absolute atomic E-state index is 15.2. The highest BCUT2D eigenvalue weighted by Crippen LogP contribution is 2.41. The van der Waals surface area contributed by atoms with Gasteiger partial charge >= 0.3 is 6.01 Å². The van der Waals surface area contributed by atoms with Gasteiger partial charge in [0.25, 0.3) is 0 Å². The van der Waals surface area contributed by atoms with E-state index >= 15 is 4.39 Å². The normalized spacial score (nSPS) is 27.8. The van der Waals surface area contributed by atoms with Crippen molar-refractivity contribution in [2.75, 3.05) is 50.8 Å². The number of piperazine rings is 1. The SMILES string of the molecule is O=C(C1CCC(F)(F)CC1)N1CCN(c2nc(OC[C@@]34CCCN3C[C@H](F)C4)nc3c(F)c(Br)ccc23)CC1. The summed E-state index contributed by atoms with van der Waals surface area (Å²) in [6, 6.07) is 3.40. The lowest BCUT2D eigenvalue weighted by Gasteiger charge is -2.38. The highest BCUT2D eigenvalue weighted by Gasteiger charge is 2.49. The Morgan fingerprint density at radius 3 is 2.56 bits per heavy atom. The molecule has 3 saturated heterocycles. The predicted molar refractivity (Wildman–Crippen MR) is 141 cm³/mol. The average molecular weight is 614 g/mol. The van der Waals surface area contributed by atoms with Gasteiger partial charge in [0.2, 0.25) is 11.8 Å². The molecule has 4 fully saturated rings. The Bertz CT molecular complexity index is 1250. The first-order valence-corrected chi connectivity index (χ1v) is 14.5. The van der Waals surface area contributed by atoms with E-state index in [1.165, 1.54) is 0 Å². The molecule has 0 radical (unpaired) electrons. The summed E-state index contributed by atoms with van der Waals surface area (Å²) < 4.78 is 62.9. The molecule has 1 aromatic heterocycles. The number of carbonyl (C=O) groups excluding carboxylic acids is 1. The Morgan fingerprint density at radius 1 is 1.08 bits per heavy atom. The number of hydrogen-bond donors (Lipinski definition) is 0. The van der Waals surface area contributed by atoms with Crippen LogP contribution in [0.25, 0.3) is 10.9 Å². The Balaban J connectivity index is 1.20. The van der Waals surface area contributed by atoms with Gasteiger partial charge < -0.3 is 14.5 Å². The average Bonchev–Trinajstić information content (AvgIpc) is 3.45. The summed E-state index contributed by atoms with van der Waals surface area (Å²) in [6.07, 6.45) is 1.26. The van der Waals surface area contributed by atoms with Gasteiger partial charge in [0.1, 0.15) is 24.1 Å². The molecular formula is C27H32BrF4N5O2. The molecule has 212 valence electrons. The minimum atomic E-state index is -2.67. The van der Waals surface area contributed by atoms with Crippen LogP contribution in [-0.2, 0) is 4.79 Å². The van der Waals surface area contributed by atoms with Gasteiger partial charge in [0.05, 0.1) is 10.0 Å². The van der Waals surface area contributed by atoms with Crippen LogP contribution in [0.3, 0.4) is 0 Å². The molecule has 39 heavy (non-hydrogen) atoms. The Kier molecular flexibility index (Phi) is 7.14. The zero-order chi connectivity index (χ0) is 27.4. The first-order chi connectivity index (χ1) is 18.6. The van der Waals surface area contributed by atoms with E-state index in [-0.39, 0.29) is 65.7 Å². The molecule has 12 heteroatoms. The fourth-order valence-electron chi connectivity index (χ4n) is 6.74. The second-order valence-electron chi connectivity index (χ2n) is 11.4. The van der Waals surface area contributed by atoms with Gasteiger partial charge in [0, 0.05) is 63.3 Å². The molecule has 0 unspecified atom stereocenters. The third kappa shape index (κ3) is 5.18. The number of halogens is 5. The maximum atomic E-state index is 15.2. The van der Waals surface area contributed by atoms with Gasteiger partial charge in [0.15, 0.2) is 5.82 Å². The zero-order valence-electron chi connectivity index (χ0n) is 21.7. The molecule has 1 aliphatic carbocycles. The summed E-state index contributed by atoms with van der Waals surface area (Å²) in [7, 11) is 0. The number of nitrogens with zero attached hydrogens (tertiary/aromatic N) is 5. The van der Waals surface area contributed by atoms with E-state index < -0.39 is 17.9 Å². The van der Waals surface area contributed by atoms with Crippen LogP contribution in [0.5, 0.6) is 6.01 Å². The summed E-state index contributed by atoms with van der Waals surface area (Å²) in [5, 5.41) is 0.530. The Hall–Kier alpha value is -2.21. The molecule has 1 aromatic carbocycles. The third-order valence-electron chi connectivity index (χ3n) is 8.91. The standard InChI is InChI=1S/C27H32BrF4N5O2/c28-20-3-2-19-22(21(20)30)33-25(39-16-26-6-1-9-37(26)15-18(29)14-26)34-23(19)35-10-12-36(13-11-35)24(38)17-4-7-27(31,32)8-5-17/h2-3,17-18H,1,4-16H2/t18-,26+/m1/s1. The van der Waals surface area contributed by atoms with E-state index in [1.807, 2.05) is 4.90 Å². The molecule has 7 nitrogen and oxygen atoms in total. The van der Waals surface area contributed by atoms with Crippen LogP contribution in [0.15, 0.2) is 16.6 Å². The van der Waals surface area contributed by atoms with Crippen molar-refractivity contribution in [3.05, 3.63) is 22.4 Å². The van der Waals surface area contributed by atoms with E-state index in [0.29, 0.717) is 50.3 Å². The molecule has 4 heterocycles. The molecular weight excluding hydrogens is 582 g/mol. The lowest BCUT2D eigenvalue weighted by molar-refractivity contribution is -0.140. The van der Waals surface area contributed by atoms with Crippen LogP contribution >= 0.6 is 15.9 Å². The van der Waals surface area contributed by atoms with Crippen LogP contribution < -0.4 is 9.64 Å². The van der Waals surface area contributed by atoms with Crippen LogP contribution in [0.4, 0.5) is 23.4 Å². The van der Waals surface area contributed by atoms with Crippen LogP contribution in [-0.4, -0.2) is 89.2 Å². The van der Waals surface area contributed by atoms with Gasteiger partial charge in [-0.1, -0.05) is 0 Å². The van der Waals surface area contributed by atoms with Crippen LogP contribution in [0.2, 0.25) is 0 Å². The molecule has 6 rings (SSSR count). The molecule has 2 aromatic rings. The number of aromatic nitrogens is 2. The molecule has 0 N–H and O–H groups in total. The Labute approximate surface area is 233 Å². The van der Waals surface area contributed by atoms with Crippen molar-refractivity contribution in [3.63, 3.8) is 0 Å². The third-order valence-corrected chi connectivity index (χ3v) is 9.52. The highest BCUT2D eigenvalue weighted by molar-refractivity contribution is 9.10. The number of carbonyl (C=O) groups is 1. The van der Waals surface area contributed by atoms with E-state index in [4.69, 9.17) is 4.74 Å². The molecule has 2 atom stereocenters. The Morgan fingerprint density at radius 2 is 1.82 bits per heavy atom. The van der Waals surface area contributed by atoms with Crippen molar-refractivity contribution in [2.24, 2.45) is 5.92 Å². The summed E-state index contributed by atoms with van der Waals surface area (Å²) in [5.41, 5.74) is -0.260. The van der Waals surface area contributed by atoms with Gasteiger partial charge in [-0.15, -0.1) is 0 Å². The van der Waals surface area contributed by atoms with Gasteiger partial charge in [-0.25, -0.2) is 17.6 Å². The first-order valence-electron chi connectivity index (χ1n) is 13.7. The fourth-order valence-corrected chi connectivity index (χ4v) is 7.06. The first kappa shape index (κ1) is 27.0. The molecule has 3 aliphatic heterocycles.